The molecule has 0 N–H and O–H groups in total. The Morgan fingerprint density at radius 3 is 2.19 bits per heavy atom. The van der Waals surface area contributed by atoms with Crippen molar-refractivity contribution in [3.63, 3.8) is 0 Å². The molecule has 0 saturated carbocycles. The fourth-order valence-electron chi connectivity index (χ4n) is 4.94. The lowest BCUT2D eigenvalue weighted by molar-refractivity contribution is 0.416. The van der Waals surface area contributed by atoms with Crippen LogP contribution in [0.1, 0.15) is 40.2 Å². The van der Waals surface area contributed by atoms with Crippen LogP contribution in [0.4, 0.5) is 11.4 Å². The average molecular weight is 432 g/mol. The second-order valence-electron chi connectivity index (χ2n) is 9.73. The van der Waals surface area contributed by atoms with E-state index in [2.05, 4.69) is 113 Å². The van der Waals surface area contributed by atoms with E-state index in [4.69, 9.17) is 4.74 Å². The van der Waals surface area contributed by atoms with Crippen molar-refractivity contribution in [2.45, 2.75) is 52.5 Å². The van der Waals surface area contributed by atoms with Crippen LogP contribution in [0, 0.1) is 12.8 Å². The molecule has 1 aliphatic heterocycles. The third kappa shape index (κ3) is 3.76. The Morgan fingerprint density at radius 1 is 0.903 bits per heavy atom. The Bertz CT molecular complexity index is 1070. The van der Waals surface area contributed by atoms with Crippen molar-refractivity contribution in [2.75, 3.05) is 12.0 Å². The van der Waals surface area contributed by atoms with E-state index in [1.54, 1.807) is 7.11 Å². The first-order valence-electron chi connectivity index (χ1n) is 11.2. The first kappa shape index (κ1) is 21.9. The monoisotopic (exact) mass is 431 g/mol. The first-order chi connectivity index (χ1) is 14.8. The Morgan fingerprint density at radius 2 is 1.58 bits per heavy atom. The van der Waals surface area contributed by atoms with Crippen LogP contribution in [0.2, 0.25) is 0 Å². The van der Waals surface area contributed by atoms with Gasteiger partial charge in [0.15, 0.2) is 0 Å². The minimum atomic E-state index is -0.472. The zero-order valence-corrected chi connectivity index (χ0v) is 20.7. The summed E-state index contributed by atoms with van der Waals surface area (Å²) in [5.41, 5.74) is 6.46. The third-order valence-electron chi connectivity index (χ3n) is 6.12. The minimum Gasteiger partial charge on any atom is -0.496 e. The van der Waals surface area contributed by atoms with Gasteiger partial charge in [-0.05, 0) is 61.3 Å². The number of methoxy groups -OCH3 is 1. The van der Waals surface area contributed by atoms with Gasteiger partial charge in [0.25, 0.3) is 0 Å². The SMILES string of the molecule is COc1cccc(C)c1-c1cccc2c1P(C(C)(C)C)C(C(C)C)N2c1ccccc1. The molecule has 0 saturated heterocycles. The maximum Gasteiger partial charge on any atom is 0.126 e. The van der Waals surface area contributed by atoms with Gasteiger partial charge in [0.1, 0.15) is 5.75 Å². The topological polar surface area (TPSA) is 12.5 Å². The summed E-state index contributed by atoms with van der Waals surface area (Å²) < 4.78 is 5.84. The largest absolute Gasteiger partial charge is 0.496 e. The maximum absolute atomic E-state index is 5.84. The van der Waals surface area contributed by atoms with Gasteiger partial charge in [-0.25, -0.2) is 0 Å². The predicted octanol–water partition coefficient (Wildman–Crippen LogP) is 7.71. The van der Waals surface area contributed by atoms with Gasteiger partial charge < -0.3 is 9.64 Å². The van der Waals surface area contributed by atoms with Gasteiger partial charge in [-0.1, -0.05) is 77.1 Å². The van der Waals surface area contributed by atoms with Gasteiger partial charge in [-0.15, -0.1) is 0 Å². The van der Waals surface area contributed by atoms with Gasteiger partial charge in [0, 0.05) is 16.6 Å². The molecule has 2 nitrogen and oxygen atoms in total. The normalized spacial score (nSPS) is 18.4. The van der Waals surface area contributed by atoms with Crippen LogP contribution in [-0.4, -0.2) is 18.0 Å². The van der Waals surface area contributed by atoms with E-state index in [1.807, 2.05) is 0 Å². The molecule has 0 fully saturated rings. The summed E-state index contributed by atoms with van der Waals surface area (Å²) in [5, 5.41) is 1.69. The van der Waals surface area contributed by atoms with Crippen LogP contribution >= 0.6 is 7.92 Å². The van der Waals surface area contributed by atoms with Crippen molar-refractivity contribution in [1.82, 2.24) is 0 Å². The second-order valence-corrected chi connectivity index (χ2v) is 12.8. The van der Waals surface area contributed by atoms with Crippen LogP contribution in [0.15, 0.2) is 66.7 Å². The Balaban J connectivity index is 2.06. The number of benzene rings is 3. The number of hydrogen-bond donors (Lipinski definition) is 0. The molecule has 2 unspecified atom stereocenters. The molecular weight excluding hydrogens is 397 g/mol. The van der Waals surface area contributed by atoms with Crippen molar-refractivity contribution >= 4 is 24.6 Å². The Labute approximate surface area is 189 Å². The molecule has 3 heteroatoms. The van der Waals surface area contributed by atoms with Crippen LogP contribution in [-0.2, 0) is 0 Å². The fourth-order valence-corrected chi connectivity index (χ4v) is 8.62. The average Bonchev–Trinajstić information content (AvgIpc) is 3.10. The number of para-hydroxylation sites is 1. The minimum absolute atomic E-state index is 0.175. The summed E-state index contributed by atoms with van der Waals surface area (Å²) in [4.78, 5) is 2.62. The number of hydrogen-bond acceptors (Lipinski definition) is 2. The Kier molecular flexibility index (Phi) is 5.88. The molecule has 0 amide bonds. The molecule has 0 aromatic heterocycles. The number of rotatable bonds is 4. The second kappa shape index (κ2) is 8.32. The lowest BCUT2D eigenvalue weighted by Gasteiger charge is -2.39. The quantitative estimate of drug-likeness (QED) is 0.392. The summed E-state index contributed by atoms with van der Waals surface area (Å²) in [6.45, 7) is 14.2. The number of nitrogens with zero attached hydrogens (tertiary/aromatic N) is 1. The highest BCUT2D eigenvalue weighted by Gasteiger charge is 2.47. The van der Waals surface area contributed by atoms with Gasteiger partial charge >= 0.3 is 0 Å². The summed E-state index contributed by atoms with van der Waals surface area (Å²) in [6.07, 6.45) is 0. The van der Waals surface area contributed by atoms with Crippen LogP contribution < -0.4 is 14.9 Å². The lowest BCUT2D eigenvalue weighted by Crippen LogP contribution is -2.34. The van der Waals surface area contributed by atoms with Crippen LogP contribution in [0.25, 0.3) is 11.1 Å². The summed E-state index contributed by atoms with van der Waals surface area (Å²) in [6, 6.07) is 24.1. The van der Waals surface area contributed by atoms with E-state index < -0.39 is 7.92 Å². The van der Waals surface area contributed by atoms with E-state index in [9.17, 15) is 0 Å². The molecule has 0 aliphatic carbocycles. The zero-order chi connectivity index (χ0) is 22.3. The van der Waals surface area contributed by atoms with E-state index in [-0.39, 0.29) is 5.16 Å². The number of anilines is 2. The van der Waals surface area contributed by atoms with Crippen LogP contribution in [0.3, 0.4) is 0 Å². The fraction of sp³-hybridized carbons (Fsp3) is 0.357. The predicted molar refractivity (Wildman–Crippen MR) is 137 cm³/mol. The van der Waals surface area contributed by atoms with Gasteiger partial charge in [-0.3, -0.25) is 0 Å². The van der Waals surface area contributed by atoms with E-state index in [1.165, 1.54) is 33.4 Å². The van der Waals surface area contributed by atoms with Crippen molar-refractivity contribution in [3.05, 3.63) is 72.3 Å². The van der Waals surface area contributed by atoms with Crippen molar-refractivity contribution in [1.29, 1.82) is 0 Å². The molecule has 162 valence electrons. The number of aryl methyl sites for hydroxylation is 1. The van der Waals surface area contributed by atoms with E-state index in [0.29, 0.717) is 11.7 Å². The number of ether oxygens (including phenoxy) is 1. The molecule has 0 spiro atoms. The molecule has 0 bridgehead atoms. The number of fused-ring (bicyclic) bond motifs is 1. The molecular formula is C28H34NOP. The van der Waals surface area contributed by atoms with Crippen molar-refractivity contribution in [3.8, 4) is 16.9 Å². The Hall–Kier alpha value is -2.31. The summed E-state index contributed by atoms with van der Waals surface area (Å²) in [5.74, 6) is 1.93. The highest BCUT2D eigenvalue weighted by Crippen LogP contribution is 2.65. The standard InChI is InChI=1S/C28H34NOP/c1-19(2)27-29(21-14-9-8-10-15-21)23-17-12-16-22(26(23)31(27)28(4,5)6)25-20(3)13-11-18-24(25)30-7/h8-19,27H,1-7H3. The summed E-state index contributed by atoms with van der Waals surface area (Å²) in [7, 11) is 1.31. The molecule has 2 atom stereocenters. The molecule has 3 aromatic carbocycles. The first-order valence-corrected chi connectivity index (χ1v) is 12.6. The lowest BCUT2D eigenvalue weighted by atomic mass is 9.98. The molecule has 1 aliphatic rings. The smallest absolute Gasteiger partial charge is 0.126 e. The van der Waals surface area contributed by atoms with Gasteiger partial charge in [0.05, 0.1) is 18.6 Å². The highest BCUT2D eigenvalue weighted by atomic mass is 31.1. The molecule has 1 heterocycles. The molecule has 3 aromatic rings. The molecule has 4 rings (SSSR count). The van der Waals surface area contributed by atoms with Gasteiger partial charge in [-0.2, -0.15) is 0 Å². The third-order valence-corrected chi connectivity index (χ3v) is 9.87. The summed E-state index contributed by atoms with van der Waals surface area (Å²) >= 11 is 0. The van der Waals surface area contributed by atoms with Gasteiger partial charge in [0.2, 0.25) is 0 Å². The molecule has 0 radical (unpaired) electrons. The maximum atomic E-state index is 5.84. The van der Waals surface area contributed by atoms with Crippen molar-refractivity contribution in [2.24, 2.45) is 5.92 Å². The van der Waals surface area contributed by atoms with Crippen LogP contribution in [0.5, 0.6) is 5.75 Å². The van der Waals surface area contributed by atoms with E-state index in [0.717, 1.165) is 5.75 Å². The van der Waals surface area contributed by atoms with Crippen molar-refractivity contribution < 1.29 is 4.74 Å². The molecule has 31 heavy (non-hydrogen) atoms. The highest BCUT2D eigenvalue weighted by molar-refractivity contribution is 7.69. The van der Waals surface area contributed by atoms with E-state index >= 15 is 0 Å². The zero-order valence-electron chi connectivity index (χ0n) is 19.8.